The molecule has 20 heavy (non-hydrogen) atoms. The van der Waals surface area contributed by atoms with Gasteiger partial charge in [-0.2, -0.15) is 0 Å². The molecule has 5 heteroatoms. The summed E-state index contributed by atoms with van der Waals surface area (Å²) in [5.74, 6) is -0.145. The Labute approximate surface area is 126 Å². The van der Waals surface area contributed by atoms with Crippen LogP contribution in [0, 0.1) is 0 Å². The monoisotopic (exact) mass is 336 g/mol. The van der Waals surface area contributed by atoms with E-state index in [1.807, 2.05) is 30.3 Å². The van der Waals surface area contributed by atoms with Crippen LogP contribution in [-0.2, 0) is 4.74 Å². The largest absolute Gasteiger partial charge is 0.384 e. The molecule has 0 aliphatic carbocycles. The Morgan fingerprint density at radius 3 is 2.95 bits per heavy atom. The molecule has 1 N–H and O–H groups in total. The second-order valence-electron chi connectivity index (χ2n) is 4.49. The number of carbonyl (C=O) groups is 1. The molecule has 0 bridgehead atoms. The van der Waals surface area contributed by atoms with E-state index in [4.69, 9.17) is 4.74 Å². The van der Waals surface area contributed by atoms with Crippen LogP contribution < -0.4 is 5.32 Å². The number of para-hydroxylation sites is 1. The topological polar surface area (TPSA) is 51.2 Å². The first-order valence-corrected chi connectivity index (χ1v) is 7.39. The Bertz CT molecular complexity index is 589. The zero-order valence-corrected chi connectivity index (χ0v) is 12.9. The minimum Gasteiger partial charge on any atom is -0.384 e. The summed E-state index contributed by atoms with van der Waals surface area (Å²) in [5, 5.41) is 3.90. The molecule has 0 aliphatic heterocycles. The third-order valence-electron chi connectivity index (χ3n) is 2.92. The van der Waals surface area contributed by atoms with E-state index in [2.05, 4.69) is 26.2 Å². The van der Waals surface area contributed by atoms with Crippen LogP contribution in [0.3, 0.4) is 0 Å². The van der Waals surface area contributed by atoms with Crippen LogP contribution in [0.2, 0.25) is 0 Å². The van der Waals surface area contributed by atoms with Gasteiger partial charge in [0.15, 0.2) is 0 Å². The van der Waals surface area contributed by atoms with Crippen molar-refractivity contribution in [3.05, 3.63) is 42.1 Å². The van der Waals surface area contributed by atoms with Crippen molar-refractivity contribution in [2.24, 2.45) is 0 Å². The van der Waals surface area contributed by atoms with Gasteiger partial charge < -0.3 is 10.1 Å². The zero-order chi connectivity index (χ0) is 14.4. The van der Waals surface area contributed by atoms with Gasteiger partial charge in [0, 0.05) is 23.9 Å². The predicted octanol–water partition coefficient (Wildman–Crippen LogP) is 2.76. The lowest BCUT2D eigenvalue weighted by molar-refractivity contribution is 0.0947. The first kappa shape index (κ1) is 14.9. The Balaban J connectivity index is 1.94. The number of nitrogens with zero attached hydrogens (tertiary/aromatic N) is 1. The van der Waals surface area contributed by atoms with E-state index in [1.54, 1.807) is 13.2 Å². The molecule has 0 saturated carbocycles. The van der Waals surface area contributed by atoms with Gasteiger partial charge in [-0.25, -0.2) is 4.98 Å². The Kier molecular flexibility index (Phi) is 5.49. The van der Waals surface area contributed by atoms with Gasteiger partial charge in [0.25, 0.3) is 5.91 Å². The Hall–Kier alpha value is -1.46. The van der Waals surface area contributed by atoms with Gasteiger partial charge in [-0.05, 0) is 18.6 Å². The third kappa shape index (κ3) is 4.02. The molecule has 0 saturated heterocycles. The summed E-state index contributed by atoms with van der Waals surface area (Å²) in [7, 11) is 1.66. The molecule has 2 aromatic rings. The van der Waals surface area contributed by atoms with Crippen LogP contribution in [0.5, 0.6) is 0 Å². The predicted molar refractivity (Wildman–Crippen MR) is 83.3 cm³/mol. The molecular weight excluding hydrogens is 320 g/mol. The van der Waals surface area contributed by atoms with E-state index in [9.17, 15) is 4.79 Å². The van der Waals surface area contributed by atoms with Crippen LogP contribution in [-0.4, -0.2) is 36.0 Å². The highest BCUT2D eigenvalue weighted by Crippen LogP contribution is 2.11. The number of methoxy groups -OCH3 is 1. The minimum atomic E-state index is -0.145. The van der Waals surface area contributed by atoms with Crippen LogP contribution >= 0.6 is 15.9 Å². The molecule has 0 fully saturated rings. The van der Waals surface area contributed by atoms with E-state index in [0.717, 1.165) is 17.3 Å². The van der Waals surface area contributed by atoms with Crippen molar-refractivity contribution in [1.29, 1.82) is 0 Å². The van der Waals surface area contributed by atoms with Crippen LogP contribution in [0.25, 0.3) is 10.9 Å². The zero-order valence-electron chi connectivity index (χ0n) is 11.3. The molecule has 1 aromatic carbocycles. The van der Waals surface area contributed by atoms with Gasteiger partial charge in [0.2, 0.25) is 0 Å². The van der Waals surface area contributed by atoms with Crippen molar-refractivity contribution in [2.75, 3.05) is 20.3 Å². The molecule has 4 nitrogen and oxygen atoms in total. The number of carbonyl (C=O) groups excluding carboxylic acids is 1. The van der Waals surface area contributed by atoms with E-state index >= 15 is 0 Å². The number of fused-ring (bicyclic) bond motifs is 1. The second kappa shape index (κ2) is 7.36. The molecule has 1 unspecified atom stereocenters. The summed E-state index contributed by atoms with van der Waals surface area (Å²) in [6.45, 7) is 1.22. The highest BCUT2D eigenvalue weighted by molar-refractivity contribution is 9.09. The van der Waals surface area contributed by atoms with Crippen molar-refractivity contribution in [2.45, 2.75) is 11.2 Å². The number of aromatic nitrogens is 1. The number of halogens is 1. The van der Waals surface area contributed by atoms with Gasteiger partial charge >= 0.3 is 0 Å². The van der Waals surface area contributed by atoms with Gasteiger partial charge in [-0.3, -0.25) is 4.79 Å². The van der Waals surface area contributed by atoms with Gasteiger partial charge in [0.1, 0.15) is 5.69 Å². The SMILES string of the molecule is COCC(Br)CCNC(=O)c1ccc2ccccc2n1. The standard InChI is InChI=1S/C15H17BrN2O2/c1-20-10-12(16)8-9-17-15(19)14-7-6-11-4-2-3-5-13(11)18-14/h2-7,12H,8-10H2,1H3,(H,17,19). The number of pyridine rings is 1. The average Bonchev–Trinajstić information content (AvgIpc) is 2.47. The molecule has 2 rings (SSSR count). The number of ether oxygens (including phenoxy) is 1. The van der Waals surface area contributed by atoms with Crippen molar-refractivity contribution in [1.82, 2.24) is 10.3 Å². The maximum atomic E-state index is 12.0. The fourth-order valence-electron chi connectivity index (χ4n) is 1.89. The number of rotatable bonds is 6. The first-order chi connectivity index (χ1) is 9.70. The number of alkyl halides is 1. The third-order valence-corrected chi connectivity index (χ3v) is 3.64. The number of hydrogen-bond acceptors (Lipinski definition) is 3. The van der Waals surface area contributed by atoms with Gasteiger partial charge in [0.05, 0.1) is 12.1 Å². The van der Waals surface area contributed by atoms with Crippen molar-refractivity contribution < 1.29 is 9.53 Å². The number of amides is 1. The second-order valence-corrected chi connectivity index (χ2v) is 5.78. The lowest BCUT2D eigenvalue weighted by atomic mass is 10.2. The fraction of sp³-hybridized carbons (Fsp3) is 0.333. The molecule has 0 spiro atoms. The summed E-state index contributed by atoms with van der Waals surface area (Å²) < 4.78 is 5.02. The number of nitrogens with one attached hydrogen (secondary N) is 1. The summed E-state index contributed by atoms with van der Waals surface area (Å²) >= 11 is 3.49. The van der Waals surface area contributed by atoms with Crippen LogP contribution in [0.15, 0.2) is 36.4 Å². The lowest BCUT2D eigenvalue weighted by Crippen LogP contribution is -2.27. The van der Waals surface area contributed by atoms with Crippen LogP contribution in [0.4, 0.5) is 0 Å². The number of hydrogen-bond donors (Lipinski definition) is 1. The van der Waals surface area contributed by atoms with E-state index in [0.29, 0.717) is 18.8 Å². The van der Waals surface area contributed by atoms with Crippen molar-refractivity contribution in [3.8, 4) is 0 Å². The molecule has 1 atom stereocenters. The quantitative estimate of drug-likeness (QED) is 0.825. The summed E-state index contributed by atoms with van der Waals surface area (Å²) in [6, 6.07) is 11.4. The molecule has 0 radical (unpaired) electrons. The Morgan fingerprint density at radius 2 is 2.15 bits per heavy atom. The first-order valence-electron chi connectivity index (χ1n) is 6.47. The normalized spacial score (nSPS) is 12.3. The molecule has 1 aromatic heterocycles. The highest BCUT2D eigenvalue weighted by Gasteiger charge is 2.09. The van der Waals surface area contributed by atoms with Crippen molar-refractivity contribution in [3.63, 3.8) is 0 Å². The average molecular weight is 337 g/mol. The summed E-state index contributed by atoms with van der Waals surface area (Å²) in [6.07, 6.45) is 0.813. The van der Waals surface area contributed by atoms with Crippen molar-refractivity contribution >= 4 is 32.7 Å². The minimum absolute atomic E-state index is 0.145. The fourth-order valence-corrected chi connectivity index (χ4v) is 2.38. The molecular formula is C15H17BrN2O2. The summed E-state index contributed by atoms with van der Waals surface area (Å²) in [5.41, 5.74) is 1.28. The maximum Gasteiger partial charge on any atom is 0.269 e. The van der Waals surface area contributed by atoms with E-state index < -0.39 is 0 Å². The lowest BCUT2D eigenvalue weighted by Gasteiger charge is -2.09. The summed E-state index contributed by atoms with van der Waals surface area (Å²) in [4.78, 5) is 16.6. The van der Waals surface area contributed by atoms with E-state index in [1.165, 1.54) is 0 Å². The molecule has 0 aliphatic rings. The molecule has 1 heterocycles. The maximum absolute atomic E-state index is 12.0. The highest BCUT2D eigenvalue weighted by atomic mass is 79.9. The Morgan fingerprint density at radius 1 is 1.35 bits per heavy atom. The van der Waals surface area contributed by atoms with Gasteiger partial charge in [-0.1, -0.05) is 40.2 Å². The molecule has 106 valence electrons. The molecule has 1 amide bonds. The smallest absolute Gasteiger partial charge is 0.269 e. The van der Waals surface area contributed by atoms with Gasteiger partial charge in [-0.15, -0.1) is 0 Å². The van der Waals surface area contributed by atoms with Crippen LogP contribution in [0.1, 0.15) is 16.9 Å². The van der Waals surface area contributed by atoms with E-state index in [-0.39, 0.29) is 10.7 Å². The number of benzene rings is 1.